The normalized spacial score (nSPS) is 17.5. The van der Waals surface area contributed by atoms with Crippen molar-refractivity contribution in [1.82, 2.24) is 0 Å². The smallest absolute Gasteiger partial charge is 0.193 e. The third-order valence-corrected chi connectivity index (χ3v) is 2.69. The van der Waals surface area contributed by atoms with Gasteiger partial charge in [0, 0.05) is 11.1 Å². The van der Waals surface area contributed by atoms with Crippen LogP contribution in [-0.2, 0) is 10.5 Å². The molecule has 1 aliphatic rings. The zero-order valence-electron chi connectivity index (χ0n) is 9.04. The maximum absolute atomic E-state index is 6.27. The lowest BCUT2D eigenvalue weighted by molar-refractivity contribution is -0.160. The Labute approximate surface area is 89.3 Å². The molecule has 0 saturated carbocycles. The van der Waals surface area contributed by atoms with Gasteiger partial charge in [0.15, 0.2) is 5.75 Å². The van der Waals surface area contributed by atoms with E-state index in [4.69, 9.17) is 15.6 Å². The van der Waals surface area contributed by atoms with Crippen LogP contribution in [0.3, 0.4) is 0 Å². The van der Waals surface area contributed by atoms with E-state index < -0.39 is 0 Å². The molecule has 4 nitrogen and oxygen atoms in total. The van der Waals surface area contributed by atoms with Crippen molar-refractivity contribution >= 4 is 5.69 Å². The highest BCUT2D eigenvalue weighted by Gasteiger charge is 2.28. The van der Waals surface area contributed by atoms with Gasteiger partial charge in [-0.15, -0.1) is 0 Å². The number of hydrogen-bond donors (Lipinski definition) is 2. The van der Waals surface area contributed by atoms with E-state index in [9.17, 15) is 0 Å². The Morgan fingerprint density at radius 1 is 1.47 bits per heavy atom. The van der Waals surface area contributed by atoms with E-state index in [0.717, 1.165) is 24.1 Å². The highest BCUT2D eigenvalue weighted by molar-refractivity contribution is 5.64. The Kier molecular flexibility index (Phi) is 2.54. The van der Waals surface area contributed by atoms with Crippen LogP contribution < -0.4 is 16.1 Å². The minimum absolute atomic E-state index is 0.357. The molecule has 0 radical (unpaired) electrons. The molecule has 0 spiro atoms. The lowest BCUT2D eigenvalue weighted by atomic mass is 9.87. The van der Waals surface area contributed by atoms with E-state index in [-0.39, 0.29) is 5.54 Å². The molecule has 0 saturated heterocycles. The molecular weight excluding hydrogens is 192 g/mol. The topological polar surface area (TPSA) is 56.5 Å². The number of nitrogens with one attached hydrogen (secondary N) is 1. The molecule has 0 fully saturated rings. The molecule has 3 N–H and O–H groups in total. The molecule has 1 unspecified atom stereocenters. The first-order chi connectivity index (χ1) is 7.15. The van der Waals surface area contributed by atoms with Crippen LogP contribution in [0.25, 0.3) is 0 Å². The summed E-state index contributed by atoms with van der Waals surface area (Å²) in [6, 6.07) is 5.77. The second-order valence-corrected chi connectivity index (χ2v) is 4.11. The quantitative estimate of drug-likeness (QED) is 0.748. The monoisotopic (exact) mass is 208 g/mol. The molecule has 0 aromatic heterocycles. The lowest BCUT2D eigenvalue weighted by Gasteiger charge is -2.25. The summed E-state index contributed by atoms with van der Waals surface area (Å²) >= 11 is 0. The molecule has 0 aliphatic carbocycles. The average molecular weight is 208 g/mol. The van der Waals surface area contributed by atoms with Gasteiger partial charge in [-0.25, -0.2) is 5.48 Å². The van der Waals surface area contributed by atoms with Crippen LogP contribution in [0.1, 0.15) is 32.3 Å². The Hall–Kier alpha value is -1.26. The van der Waals surface area contributed by atoms with Crippen LogP contribution in [-0.4, -0.2) is 0 Å². The molecule has 0 amide bonds. The molecule has 15 heavy (non-hydrogen) atoms. The van der Waals surface area contributed by atoms with Crippen molar-refractivity contribution in [1.29, 1.82) is 0 Å². The fourth-order valence-electron chi connectivity index (χ4n) is 1.94. The standard InChI is InChI=1S/C11H16N2O2/c1-3-7-11(2,12)8-5-4-6-9-10(8)13-15-14-9/h4-6,13H,3,7,12H2,1-2H3. The number of benzene rings is 1. The Morgan fingerprint density at radius 3 is 3.00 bits per heavy atom. The van der Waals surface area contributed by atoms with Gasteiger partial charge in [0.1, 0.15) is 5.69 Å². The largest absolute Gasteiger partial charge is 0.322 e. The summed E-state index contributed by atoms with van der Waals surface area (Å²) in [5, 5.41) is 0. The van der Waals surface area contributed by atoms with E-state index in [0.29, 0.717) is 5.75 Å². The zero-order valence-corrected chi connectivity index (χ0v) is 9.04. The van der Waals surface area contributed by atoms with E-state index in [1.807, 2.05) is 25.1 Å². The van der Waals surface area contributed by atoms with Crippen LogP contribution in [0.15, 0.2) is 18.2 Å². The molecule has 1 heterocycles. The van der Waals surface area contributed by atoms with Crippen LogP contribution in [0.2, 0.25) is 0 Å². The summed E-state index contributed by atoms with van der Waals surface area (Å²) in [6.45, 7) is 4.14. The predicted molar refractivity (Wildman–Crippen MR) is 58.2 cm³/mol. The molecule has 1 atom stereocenters. The van der Waals surface area contributed by atoms with Crippen molar-refractivity contribution in [2.75, 3.05) is 5.48 Å². The molecular formula is C11H16N2O2. The maximum Gasteiger partial charge on any atom is 0.193 e. The lowest BCUT2D eigenvalue weighted by Crippen LogP contribution is -2.33. The second kappa shape index (κ2) is 3.72. The highest BCUT2D eigenvalue weighted by Crippen LogP contribution is 2.39. The van der Waals surface area contributed by atoms with Crippen molar-refractivity contribution in [3.05, 3.63) is 23.8 Å². The van der Waals surface area contributed by atoms with Gasteiger partial charge in [-0.3, -0.25) is 0 Å². The first-order valence-corrected chi connectivity index (χ1v) is 5.17. The van der Waals surface area contributed by atoms with Crippen molar-refractivity contribution in [2.45, 2.75) is 32.2 Å². The van der Waals surface area contributed by atoms with Crippen molar-refractivity contribution in [3.63, 3.8) is 0 Å². The SMILES string of the molecule is CCCC(C)(N)c1cccc2c1NOO2. The van der Waals surface area contributed by atoms with E-state index >= 15 is 0 Å². The minimum Gasteiger partial charge on any atom is -0.322 e. The van der Waals surface area contributed by atoms with Crippen LogP contribution in [0.5, 0.6) is 5.75 Å². The van der Waals surface area contributed by atoms with Crippen LogP contribution in [0, 0.1) is 0 Å². The molecule has 1 aromatic rings. The summed E-state index contributed by atoms with van der Waals surface area (Å²) in [5.41, 5.74) is 10.5. The van der Waals surface area contributed by atoms with Crippen molar-refractivity contribution in [3.8, 4) is 5.75 Å². The minimum atomic E-state index is -0.357. The van der Waals surface area contributed by atoms with Crippen molar-refractivity contribution < 1.29 is 9.88 Å². The Balaban J connectivity index is 2.40. The third-order valence-electron chi connectivity index (χ3n) is 2.69. The van der Waals surface area contributed by atoms with Gasteiger partial charge in [-0.1, -0.05) is 30.5 Å². The number of para-hydroxylation sites is 1. The average Bonchev–Trinajstić information content (AvgIpc) is 2.64. The number of anilines is 1. The van der Waals surface area contributed by atoms with E-state index in [1.54, 1.807) is 0 Å². The molecule has 2 rings (SSSR count). The van der Waals surface area contributed by atoms with Gasteiger partial charge in [0.05, 0.1) is 0 Å². The Morgan fingerprint density at radius 2 is 2.27 bits per heavy atom. The summed E-state index contributed by atoms with van der Waals surface area (Å²) < 4.78 is 0. The zero-order chi connectivity index (χ0) is 10.9. The van der Waals surface area contributed by atoms with Gasteiger partial charge < -0.3 is 10.6 Å². The van der Waals surface area contributed by atoms with Crippen molar-refractivity contribution in [2.24, 2.45) is 5.73 Å². The number of rotatable bonds is 3. The third kappa shape index (κ3) is 1.78. The molecule has 1 aliphatic heterocycles. The molecule has 82 valence electrons. The fourth-order valence-corrected chi connectivity index (χ4v) is 1.94. The van der Waals surface area contributed by atoms with Crippen LogP contribution in [0.4, 0.5) is 5.69 Å². The fraction of sp³-hybridized carbons (Fsp3) is 0.455. The predicted octanol–water partition coefficient (Wildman–Crippen LogP) is 2.31. The summed E-state index contributed by atoms with van der Waals surface area (Å²) in [7, 11) is 0. The number of hydrogen-bond acceptors (Lipinski definition) is 4. The summed E-state index contributed by atoms with van der Waals surface area (Å²) in [4.78, 5) is 9.67. The van der Waals surface area contributed by atoms with Gasteiger partial charge in [0.2, 0.25) is 0 Å². The summed E-state index contributed by atoms with van der Waals surface area (Å²) in [6.07, 6.45) is 1.96. The second-order valence-electron chi connectivity index (χ2n) is 4.11. The van der Waals surface area contributed by atoms with Crippen LogP contribution >= 0.6 is 0 Å². The van der Waals surface area contributed by atoms with E-state index in [2.05, 4.69) is 12.4 Å². The number of fused-ring (bicyclic) bond motifs is 1. The van der Waals surface area contributed by atoms with Gasteiger partial charge in [0.25, 0.3) is 0 Å². The van der Waals surface area contributed by atoms with Gasteiger partial charge >= 0.3 is 0 Å². The maximum atomic E-state index is 6.27. The van der Waals surface area contributed by atoms with Gasteiger partial charge in [-0.2, -0.15) is 0 Å². The van der Waals surface area contributed by atoms with E-state index in [1.165, 1.54) is 0 Å². The first-order valence-electron chi connectivity index (χ1n) is 5.17. The molecule has 0 bridgehead atoms. The first kappa shape index (κ1) is 10.3. The highest BCUT2D eigenvalue weighted by atomic mass is 17.3. The van der Waals surface area contributed by atoms with Gasteiger partial charge in [-0.05, 0) is 19.4 Å². The molecule has 4 heteroatoms. The molecule has 1 aromatic carbocycles. The Bertz CT molecular complexity index is 364. The number of nitrogens with two attached hydrogens (primary N) is 1. The summed E-state index contributed by atoms with van der Waals surface area (Å²) in [5.74, 6) is 0.695.